The van der Waals surface area contributed by atoms with E-state index in [0.717, 1.165) is 17.7 Å². The molecule has 0 aromatic carbocycles. The van der Waals surface area contributed by atoms with Gasteiger partial charge in [-0.1, -0.05) is 0 Å². The summed E-state index contributed by atoms with van der Waals surface area (Å²) >= 11 is 1.39. The van der Waals surface area contributed by atoms with Crippen molar-refractivity contribution in [3.05, 3.63) is 16.3 Å². The summed E-state index contributed by atoms with van der Waals surface area (Å²) in [6, 6.07) is 1.65. The van der Waals surface area contributed by atoms with Crippen LogP contribution in [-0.4, -0.2) is 38.5 Å². The Morgan fingerprint density at radius 1 is 1.58 bits per heavy atom. The van der Waals surface area contributed by atoms with Crippen LogP contribution in [-0.2, 0) is 21.3 Å². The number of sulfonamides is 1. The Balaban J connectivity index is 2.20. The van der Waals surface area contributed by atoms with Gasteiger partial charge in [0.15, 0.2) is 0 Å². The van der Waals surface area contributed by atoms with Gasteiger partial charge in [0.25, 0.3) is 0 Å². The van der Waals surface area contributed by atoms with E-state index in [9.17, 15) is 8.42 Å². The maximum Gasteiger partial charge on any atom is 0.244 e. The zero-order valence-corrected chi connectivity index (χ0v) is 12.7. The van der Waals surface area contributed by atoms with E-state index in [1.165, 1.54) is 15.6 Å². The highest BCUT2D eigenvalue weighted by atomic mass is 32.2. The molecule has 2 heterocycles. The summed E-state index contributed by atoms with van der Waals surface area (Å²) in [6.45, 7) is 3.81. The Morgan fingerprint density at radius 3 is 3.05 bits per heavy atom. The van der Waals surface area contributed by atoms with Crippen LogP contribution in [0.1, 0.15) is 24.6 Å². The summed E-state index contributed by atoms with van der Waals surface area (Å²) in [6.07, 6.45) is 1.77. The van der Waals surface area contributed by atoms with Crippen molar-refractivity contribution in [2.24, 2.45) is 5.73 Å². The van der Waals surface area contributed by atoms with Crippen molar-refractivity contribution >= 4 is 21.4 Å². The normalized spacial score (nSPS) is 21.7. The maximum atomic E-state index is 12.6. The number of rotatable bonds is 5. The average Bonchev–Trinajstić information content (AvgIpc) is 2.88. The molecular weight excluding hydrogens is 284 g/mol. The van der Waals surface area contributed by atoms with Crippen LogP contribution in [0.2, 0.25) is 0 Å². The van der Waals surface area contributed by atoms with Crippen LogP contribution >= 0.6 is 11.3 Å². The number of nitrogens with two attached hydrogens (primary N) is 1. The first-order chi connectivity index (χ1) is 9.09. The molecule has 1 fully saturated rings. The Labute approximate surface area is 118 Å². The van der Waals surface area contributed by atoms with Gasteiger partial charge < -0.3 is 10.5 Å². The molecule has 1 aliphatic heterocycles. The molecule has 0 radical (unpaired) electrons. The highest BCUT2D eigenvalue weighted by Gasteiger charge is 2.32. The third-order valence-corrected chi connectivity index (χ3v) is 6.27. The van der Waals surface area contributed by atoms with Crippen molar-refractivity contribution in [1.29, 1.82) is 0 Å². The van der Waals surface area contributed by atoms with Crippen LogP contribution < -0.4 is 5.73 Å². The predicted molar refractivity (Wildman–Crippen MR) is 75.6 cm³/mol. The second kappa shape index (κ2) is 6.32. The van der Waals surface area contributed by atoms with E-state index in [-0.39, 0.29) is 12.6 Å². The van der Waals surface area contributed by atoms with Gasteiger partial charge in [-0.3, -0.25) is 0 Å². The Hall–Kier alpha value is -0.470. The monoisotopic (exact) mass is 304 g/mol. The number of hydrogen-bond acceptors (Lipinski definition) is 5. The maximum absolute atomic E-state index is 12.6. The van der Waals surface area contributed by atoms with Crippen LogP contribution in [0.4, 0.5) is 0 Å². The van der Waals surface area contributed by atoms with Crippen molar-refractivity contribution in [1.82, 2.24) is 4.31 Å². The molecule has 19 heavy (non-hydrogen) atoms. The molecule has 2 rings (SSSR count). The number of thiophene rings is 1. The van der Waals surface area contributed by atoms with Gasteiger partial charge in [0.1, 0.15) is 0 Å². The third-order valence-electron chi connectivity index (χ3n) is 3.25. The standard InChI is InChI=1S/C12H20N2O3S2/c1-2-17-10-4-3-6-14(9-10)19(15,16)12-5-7-18-11(12)8-13/h5,7,10H,2-4,6,8-9,13H2,1H3. The molecule has 0 aliphatic carbocycles. The van der Waals surface area contributed by atoms with E-state index in [4.69, 9.17) is 10.5 Å². The first-order valence-electron chi connectivity index (χ1n) is 6.47. The van der Waals surface area contributed by atoms with E-state index >= 15 is 0 Å². The zero-order valence-electron chi connectivity index (χ0n) is 11.0. The minimum atomic E-state index is -3.43. The van der Waals surface area contributed by atoms with Crippen molar-refractivity contribution in [3.8, 4) is 0 Å². The van der Waals surface area contributed by atoms with E-state index in [2.05, 4.69) is 0 Å². The average molecular weight is 304 g/mol. The van der Waals surface area contributed by atoms with Crippen LogP contribution in [0, 0.1) is 0 Å². The minimum Gasteiger partial charge on any atom is -0.377 e. The Morgan fingerprint density at radius 2 is 2.37 bits per heavy atom. The van der Waals surface area contributed by atoms with Gasteiger partial charge in [-0.2, -0.15) is 4.31 Å². The molecule has 0 saturated carbocycles. The van der Waals surface area contributed by atoms with Gasteiger partial charge in [-0.25, -0.2) is 8.42 Å². The first kappa shape index (κ1) is 14.9. The molecule has 1 atom stereocenters. The Bertz CT molecular complexity index is 511. The Kier molecular flexibility index (Phi) is 4.97. The first-order valence-corrected chi connectivity index (χ1v) is 8.79. The molecule has 5 nitrogen and oxygen atoms in total. The molecule has 1 aromatic heterocycles. The number of ether oxygens (including phenoxy) is 1. The fourth-order valence-electron chi connectivity index (χ4n) is 2.34. The molecule has 2 N–H and O–H groups in total. The van der Waals surface area contributed by atoms with Gasteiger partial charge in [-0.15, -0.1) is 11.3 Å². The fraction of sp³-hybridized carbons (Fsp3) is 0.667. The quantitative estimate of drug-likeness (QED) is 0.892. The molecule has 7 heteroatoms. The minimum absolute atomic E-state index is 0.00786. The second-order valence-electron chi connectivity index (χ2n) is 4.49. The summed E-state index contributed by atoms with van der Waals surface area (Å²) in [5.41, 5.74) is 5.60. The molecular formula is C12H20N2O3S2. The topological polar surface area (TPSA) is 72.6 Å². The molecule has 1 unspecified atom stereocenters. The molecule has 0 bridgehead atoms. The number of hydrogen-bond donors (Lipinski definition) is 1. The van der Waals surface area contributed by atoms with Gasteiger partial charge in [0.05, 0.1) is 11.0 Å². The summed E-state index contributed by atoms with van der Waals surface area (Å²) in [5, 5.41) is 1.78. The van der Waals surface area contributed by atoms with E-state index in [1.54, 1.807) is 11.4 Å². The van der Waals surface area contributed by atoms with Gasteiger partial charge >= 0.3 is 0 Å². The van der Waals surface area contributed by atoms with Gasteiger partial charge in [0, 0.05) is 31.1 Å². The van der Waals surface area contributed by atoms with E-state index in [0.29, 0.717) is 24.6 Å². The van der Waals surface area contributed by atoms with Gasteiger partial charge in [-0.05, 0) is 31.2 Å². The number of piperidine rings is 1. The highest BCUT2D eigenvalue weighted by Crippen LogP contribution is 2.27. The van der Waals surface area contributed by atoms with Crippen LogP contribution in [0.25, 0.3) is 0 Å². The van der Waals surface area contributed by atoms with Crippen molar-refractivity contribution in [3.63, 3.8) is 0 Å². The van der Waals surface area contributed by atoms with Crippen LogP contribution in [0.3, 0.4) is 0 Å². The fourth-order valence-corrected chi connectivity index (χ4v) is 5.16. The largest absolute Gasteiger partial charge is 0.377 e. The molecule has 0 amide bonds. The second-order valence-corrected chi connectivity index (χ2v) is 7.40. The van der Waals surface area contributed by atoms with E-state index < -0.39 is 10.0 Å². The summed E-state index contributed by atoms with van der Waals surface area (Å²) in [7, 11) is -3.43. The lowest BCUT2D eigenvalue weighted by atomic mass is 10.1. The van der Waals surface area contributed by atoms with Crippen LogP contribution in [0.5, 0.6) is 0 Å². The van der Waals surface area contributed by atoms with Gasteiger partial charge in [0.2, 0.25) is 10.0 Å². The lowest BCUT2D eigenvalue weighted by Crippen LogP contribution is -2.43. The van der Waals surface area contributed by atoms with E-state index in [1.807, 2.05) is 6.92 Å². The molecule has 1 aliphatic rings. The molecule has 108 valence electrons. The summed E-state index contributed by atoms with van der Waals surface area (Å²) < 4.78 is 32.3. The lowest BCUT2D eigenvalue weighted by molar-refractivity contribution is 0.0265. The SMILES string of the molecule is CCOC1CCCN(S(=O)(=O)c2ccsc2CN)C1. The summed E-state index contributed by atoms with van der Waals surface area (Å²) in [5.74, 6) is 0. The lowest BCUT2D eigenvalue weighted by Gasteiger charge is -2.31. The molecule has 1 aromatic rings. The summed E-state index contributed by atoms with van der Waals surface area (Å²) in [4.78, 5) is 1.08. The highest BCUT2D eigenvalue weighted by molar-refractivity contribution is 7.89. The van der Waals surface area contributed by atoms with Crippen molar-refractivity contribution in [2.75, 3.05) is 19.7 Å². The van der Waals surface area contributed by atoms with Crippen molar-refractivity contribution < 1.29 is 13.2 Å². The number of nitrogens with zero attached hydrogens (tertiary/aromatic N) is 1. The molecule has 0 spiro atoms. The van der Waals surface area contributed by atoms with Crippen molar-refractivity contribution in [2.45, 2.75) is 37.3 Å². The predicted octanol–water partition coefficient (Wildman–Crippen LogP) is 1.40. The molecule has 1 saturated heterocycles. The zero-order chi connectivity index (χ0) is 13.9. The third kappa shape index (κ3) is 3.17. The van der Waals surface area contributed by atoms with Crippen LogP contribution in [0.15, 0.2) is 16.3 Å². The smallest absolute Gasteiger partial charge is 0.244 e.